The normalized spacial score (nSPS) is 11.9. The highest BCUT2D eigenvalue weighted by molar-refractivity contribution is 5.86. The van der Waals surface area contributed by atoms with E-state index < -0.39 is 11.9 Å². The van der Waals surface area contributed by atoms with Gasteiger partial charge < -0.3 is 11.1 Å². The number of benzene rings is 1. The topological polar surface area (TPSA) is 55.1 Å². The molecular weight excluding hydrogens is 195 g/mol. The lowest BCUT2D eigenvalue weighted by Crippen LogP contribution is -2.36. The fraction of sp³-hybridized carbons (Fsp3) is 0.182. The van der Waals surface area contributed by atoms with E-state index in [9.17, 15) is 9.18 Å². The van der Waals surface area contributed by atoms with E-state index in [1.165, 1.54) is 12.1 Å². The van der Waals surface area contributed by atoms with Gasteiger partial charge in [-0.1, -0.05) is 12.6 Å². The highest BCUT2D eigenvalue weighted by Gasteiger charge is 2.15. The lowest BCUT2D eigenvalue weighted by atomic mass is 10.1. The summed E-state index contributed by atoms with van der Waals surface area (Å²) < 4.78 is 12.8. The maximum Gasteiger partial charge on any atom is 0.244 e. The van der Waals surface area contributed by atoms with Gasteiger partial charge in [0, 0.05) is 5.69 Å². The molecule has 0 saturated heterocycles. The summed E-state index contributed by atoms with van der Waals surface area (Å²) in [6.07, 6.45) is 0. The molecule has 0 aliphatic rings. The predicted octanol–water partition coefficient (Wildman–Crippen LogP) is 1.67. The number of hydrogen-bond donors (Lipinski definition) is 2. The molecule has 0 fully saturated rings. The molecule has 0 bridgehead atoms. The fourth-order valence-corrected chi connectivity index (χ4v) is 1.18. The highest BCUT2D eigenvalue weighted by atomic mass is 19.1. The summed E-state index contributed by atoms with van der Waals surface area (Å²) in [4.78, 5) is 11.0. The average Bonchev–Trinajstić information content (AvgIpc) is 2.13. The van der Waals surface area contributed by atoms with Gasteiger partial charge in [-0.25, -0.2) is 4.39 Å². The molecular formula is C11H13FN2O. The Morgan fingerprint density at radius 2 is 2.27 bits per heavy atom. The Labute approximate surface area is 87.8 Å². The maximum atomic E-state index is 12.8. The molecule has 0 saturated carbocycles. The SMILES string of the molecule is C=C(C)C(Nc1cccc(F)c1)C(N)=O. The van der Waals surface area contributed by atoms with Crippen LogP contribution < -0.4 is 11.1 Å². The third kappa shape index (κ3) is 3.09. The third-order valence-corrected chi connectivity index (χ3v) is 1.91. The summed E-state index contributed by atoms with van der Waals surface area (Å²) in [6.45, 7) is 5.32. The predicted molar refractivity (Wildman–Crippen MR) is 57.8 cm³/mol. The lowest BCUT2D eigenvalue weighted by Gasteiger charge is -2.16. The molecule has 0 radical (unpaired) electrons. The summed E-state index contributed by atoms with van der Waals surface area (Å²) in [5.41, 5.74) is 6.26. The van der Waals surface area contributed by atoms with Crippen molar-refractivity contribution in [2.45, 2.75) is 13.0 Å². The molecule has 80 valence electrons. The first-order chi connectivity index (χ1) is 7.00. The quantitative estimate of drug-likeness (QED) is 0.739. The van der Waals surface area contributed by atoms with E-state index in [1.54, 1.807) is 19.1 Å². The molecule has 0 spiro atoms. The first kappa shape index (κ1) is 11.2. The van der Waals surface area contributed by atoms with E-state index in [4.69, 9.17) is 5.73 Å². The van der Waals surface area contributed by atoms with Gasteiger partial charge in [-0.2, -0.15) is 0 Å². The number of carbonyl (C=O) groups is 1. The molecule has 1 atom stereocenters. The van der Waals surface area contributed by atoms with Crippen molar-refractivity contribution < 1.29 is 9.18 Å². The van der Waals surface area contributed by atoms with Crippen molar-refractivity contribution in [2.24, 2.45) is 5.73 Å². The Hall–Kier alpha value is -1.84. The van der Waals surface area contributed by atoms with Crippen molar-refractivity contribution in [2.75, 3.05) is 5.32 Å². The average molecular weight is 208 g/mol. The second kappa shape index (κ2) is 4.59. The van der Waals surface area contributed by atoms with E-state index in [1.807, 2.05) is 0 Å². The van der Waals surface area contributed by atoms with Crippen LogP contribution in [-0.2, 0) is 4.79 Å². The van der Waals surface area contributed by atoms with Gasteiger partial charge in [0.25, 0.3) is 0 Å². The van der Waals surface area contributed by atoms with Gasteiger partial charge >= 0.3 is 0 Å². The Morgan fingerprint density at radius 1 is 1.60 bits per heavy atom. The largest absolute Gasteiger partial charge is 0.370 e. The molecule has 1 aromatic carbocycles. The van der Waals surface area contributed by atoms with E-state index in [0.29, 0.717) is 11.3 Å². The van der Waals surface area contributed by atoms with Gasteiger partial charge in [-0.05, 0) is 30.7 Å². The van der Waals surface area contributed by atoms with Crippen molar-refractivity contribution in [1.82, 2.24) is 0 Å². The number of rotatable bonds is 4. The van der Waals surface area contributed by atoms with E-state index >= 15 is 0 Å². The van der Waals surface area contributed by atoms with E-state index in [2.05, 4.69) is 11.9 Å². The van der Waals surface area contributed by atoms with Gasteiger partial charge in [-0.15, -0.1) is 0 Å². The molecule has 4 heteroatoms. The zero-order valence-corrected chi connectivity index (χ0v) is 8.46. The van der Waals surface area contributed by atoms with E-state index in [0.717, 1.165) is 0 Å². The summed E-state index contributed by atoms with van der Waals surface area (Å²) in [6, 6.07) is 5.15. The van der Waals surface area contributed by atoms with Crippen LogP contribution in [0, 0.1) is 5.82 Å². The first-order valence-electron chi connectivity index (χ1n) is 4.47. The summed E-state index contributed by atoms with van der Waals surface area (Å²) >= 11 is 0. The highest BCUT2D eigenvalue weighted by Crippen LogP contribution is 2.12. The minimum absolute atomic E-state index is 0.370. The van der Waals surface area contributed by atoms with Crippen LogP contribution in [0.2, 0.25) is 0 Å². The standard InChI is InChI=1S/C11H13FN2O/c1-7(2)10(11(13)15)14-9-5-3-4-8(12)6-9/h3-6,10,14H,1H2,2H3,(H2,13,15). The van der Waals surface area contributed by atoms with Crippen LogP contribution in [0.25, 0.3) is 0 Å². The molecule has 0 aliphatic heterocycles. The Kier molecular flexibility index (Phi) is 3.44. The monoisotopic (exact) mass is 208 g/mol. The Bertz CT molecular complexity index is 376. The molecule has 3 N–H and O–H groups in total. The van der Waals surface area contributed by atoms with Gasteiger partial charge in [0.05, 0.1) is 0 Å². The number of halogens is 1. The molecule has 1 unspecified atom stereocenters. The van der Waals surface area contributed by atoms with Crippen LogP contribution in [-0.4, -0.2) is 11.9 Å². The maximum absolute atomic E-state index is 12.8. The van der Waals surface area contributed by atoms with Gasteiger partial charge in [0.15, 0.2) is 0 Å². The van der Waals surface area contributed by atoms with Crippen LogP contribution in [0.15, 0.2) is 36.4 Å². The number of carbonyl (C=O) groups excluding carboxylic acids is 1. The molecule has 1 rings (SSSR count). The number of amides is 1. The summed E-state index contributed by atoms with van der Waals surface area (Å²) in [7, 11) is 0. The van der Waals surface area contributed by atoms with Crippen LogP contribution in [0.5, 0.6) is 0 Å². The number of hydrogen-bond acceptors (Lipinski definition) is 2. The summed E-state index contributed by atoms with van der Waals surface area (Å²) in [5.74, 6) is -0.906. The lowest BCUT2D eigenvalue weighted by molar-refractivity contribution is -0.118. The molecule has 0 heterocycles. The molecule has 0 aromatic heterocycles. The van der Waals surface area contributed by atoms with Crippen molar-refractivity contribution >= 4 is 11.6 Å². The minimum Gasteiger partial charge on any atom is -0.370 e. The molecule has 1 amide bonds. The molecule has 3 nitrogen and oxygen atoms in total. The van der Waals surface area contributed by atoms with Crippen LogP contribution in [0.3, 0.4) is 0 Å². The zero-order valence-electron chi connectivity index (χ0n) is 8.46. The molecule has 15 heavy (non-hydrogen) atoms. The second-order valence-electron chi connectivity index (χ2n) is 3.34. The number of primary amides is 1. The Balaban J connectivity index is 2.83. The fourth-order valence-electron chi connectivity index (χ4n) is 1.18. The smallest absolute Gasteiger partial charge is 0.244 e. The van der Waals surface area contributed by atoms with Gasteiger partial charge in [0.2, 0.25) is 5.91 Å². The molecule has 0 aliphatic carbocycles. The first-order valence-corrected chi connectivity index (χ1v) is 4.47. The second-order valence-corrected chi connectivity index (χ2v) is 3.34. The zero-order chi connectivity index (χ0) is 11.4. The van der Waals surface area contributed by atoms with Crippen LogP contribution >= 0.6 is 0 Å². The number of anilines is 1. The van der Waals surface area contributed by atoms with E-state index in [-0.39, 0.29) is 5.82 Å². The summed E-state index contributed by atoms with van der Waals surface area (Å²) in [5, 5.41) is 2.80. The third-order valence-electron chi connectivity index (χ3n) is 1.91. The number of nitrogens with one attached hydrogen (secondary N) is 1. The van der Waals surface area contributed by atoms with Gasteiger partial charge in [0.1, 0.15) is 11.9 Å². The number of nitrogens with two attached hydrogens (primary N) is 1. The van der Waals surface area contributed by atoms with Gasteiger partial charge in [-0.3, -0.25) is 4.79 Å². The van der Waals surface area contributed by atoms with Crippen LogP contribution in [0.4, 0.5) is 10.1 Å². The Morgan fingerprint density at radius 3 is 2.73 bits per heavy atom. The van der Waals surface area contributed by atoms with Crippen molar-refractivity contribution in [3.8, 4) is 0 Å². The van der Waals surface area contributed by atoms with Crippen molar-refractivity contribution in [1.29, 1.82) is 0 Å². The van der Waals surface area contributed by atoms with Crippen LogP contribution in [0.1, 0.15) is 6.92 Å². The van der Waals surface area contributed by atoms with Crippen molar-refractivity contribution in [3.63, 3.8) is 0 Å². The minimum atomic E-state index is -0.674. The van der Waals surface area contributed by atoms with Crippen molar-refractivity contribution in [3.05, 3.63) is 42.2 Å². The molecule has 1 aromatic rings.